The molecule has 0 saturated heterocycles. The van der Waals surface area contributed by atoms with Gasteiger partial charge in [-0.25, -0.2) is 0 Å². The van der Waals surface area contributed by atoms with Gasteiger partial charge in [-0.05, 0) is 54.2 Å². The summed E-state index contributed by atoms with van der Waals surface area (Å²) in [7, 11) is 0. The van der Waals surface area contributed by atoms with Crippen molar-refractivity contribution in [3.8, 4) is 5.75 Å². The molecule has 1 N–H and O–H groups in total. The number of benzene rings is 2. The molecule has 1 heterocycles. The predicted molar refractivity (Wildman–Crippen MR) is 115 cm³/mol. The van der Waals surface area contributed by atoms with Gasteiger partial charge in [0.15, 0.2) is 6.10 Å². The van der Waals surface area contributed by atoms with E-state index < -0.39 is 6.10 Å². The lowest BCUT2D eigenvalue weighted by molar-refractivity contribution is -0.127. The molecule has 0 saturated carbocycles. The van der Waals surface area contributed by atoms with Gasteiger partial charge in [-0.1, -0.05) is 50.2 Å². The molecule has 3 aromatic rings. The fraction of sp³-hybridized carbons (Fsp3) is 0.333. The van der Waals surface area contributed by atoms with Gasteiger partial charge in [0, 0.05) is 18.9 Å². The van der Waals surface area contributed by atoms with E-state index in [0.717, 1.165) is 28.0 Å². The van der Waals surface area contributed by atoms with Crippen molar-refractivity contribution in [1.29, 1.82) is 0 Å². The van der Waals surface area contributed by atoms with Crippen LogP contribution in [0, 0.1) is 6.92 Å². The molecule has 0 bridgehead atoms. The molecule has 2 aromatic carbocycles. The highest BCUT2D eigenvalue weighted by Gasteiger charge is 2.18. The third-order valence-corrected chi connectivity index (χ3v) is 4.93. The van der Waals surface area contributed by atoms with Gasteiger partial charge in [0.25, 0.3) is 5.91 Å². The summed E-state index contributed by atoms with van der Waals surface area (Å²) in [4.78, 5) is 12.7. The van der Waals surface area contributed by atoms with Crippen molar-refractivity contribution in [2.45, 2.75) is 52.8 Å². The molecule has 1 aromatic heterocycles. The van der Waals surface area contributed by atoms with Crippen LogP contribution in [0.4, 0.5) is 0 Å². The summed E-state index contributed by atoms with van der Waals surface area (Å²) < 4.78 is 7.90. The molecule has 0 aliphatic rings. The first-order valence-corrected chi connectivity index (χ1v) is 10.0. The number of carbonyl (C=O) groups excluding carboxylic acids is 1. The maximum atomic E-state index is 12.7. The molecule has 0 fully saturated rings. The number of hydrogen-bond donors (Lipinski definition) is 1. The Labute approximate surface area is 172 Å². The van der Waals surface area contributed by atoms with E-state index in [2.05, 4.69) is 42.5 Å². The van der Waals surface area contributed by atoms with E-state index in [9.17, 15) is 4.79 Å². The lowest BCUT2D eigenvalue weighted by Crippen LogP contribution is -2.36. The molecule has 5 heteroatoms. The highest BCUT2D eigenvalue weighted by Crippen LogP contribution is 2.28. The van der Waals surface area contributed by atoms with Crippen LogP contribution in [0.25, 0.3) is 0 Å². The van der Waals surface area contributed by atoms with Crippen LogP contribution in [0.1, 0.15) is 48.9 Å². The van der Waals surface area contributed by atoms with Gasteiger partial charge in [-0.2, -0.15) is 5.10 Å². The SMILES string of the molecule is Cc1ccc(C(C)C)c(OC(C)C(=O)NCc2ccccc2Cn2cccn2)c1. The highest BCUT2D eigenvalue weighted by atomic mass is 16.5. The summed E-state index contributed by atoms with van der Waals surface area (Å²) in [5.74, 6) is 0.979. The monoisotopic (exact) mass is 391 g/mol. The molecular formula is C24H29N3O2. The van der Waals surface area contributed by atoms with Crippen molar-refractivity contribution in [2.24, 2.45) is 0 Å². The van der Waals surface area contributed by atoms with Crippen LogP contribution >= 0.6 is 0 Å². The third-order valence-electron chi connectivity index (χ3n) is 4.93. The van der Waals surface area contributed by atoms with Gasteiger partial charge in [-0.15, -0.1) is 0 Å². The Morgan fingerprint density at radius 1 is 1.10 bits per heavy atom. The van der Waals surface area contributed by atoms with Crippen molar-refractivity contribution in [3.05, 3.63) is 83.2 Å². The number of ether oxygens (including phenoxy) is 1. The Bertz CT molecular complexity index is 949. The minimum Gasteiger partial charge on any atom is -0.481 e. The van der Waals surface area contributed by atoms with Gasteiger partial charge in [0.2, 0.25) is 0 Å². The molecule has 0 spiro atoms. The zero-order valence-electron chi connectivity index (χ0n) is 17.6. The number of nitrogens with zero attached hydrogens (tertiary/aromatic N) is 2. The first-order valence-electron chi connectivity index (χ1n) is 10.0. The summed E-state index contributed by atoms with van der Waals surface area (Å²) >= 11 is 0. The van der Waals surface area contributed by atoms with E-state index in [1.807, 2.05) is 48.1 Å². The van der Waals surface area contributed by atoms with E-state index in [0.29, 0.717) is 19.0 Å². The van der Waals surface area contributed by atoms with E-state index in [-0.39, 0.29) is 5.91 Å². The second kappa shape index (κ2) is 9.41. The Morgan fingerprint density at radius 2 is 1.86 bits per heavy atom. The topological polar surface area (TPSA) is 56.1 Å². The highest BCUT2D eigenvalue weighted by molar-refractivity contribution is 5.80. The molecule has 5 nitrogen and oxygen atoms in total. The van der Waals surface area contributed by atoms with Crippen molar-refractivity contribution in [2.75, 3.05) is 0 Å². The average Bonchev–Trinajstić information content (AvgIpc) is 3.20. The van der Waals surface area contributed by atoms with Crippen LogP contribution in [0.2, 0.25) is 0 Å². The zero-order valence-corrected chi connectivity index (χ0v) is 17.6. The van der Waals surface area contributed by atoms with Crippen LogP contribution in [0.5, 0.6) is 5.75 Å². The molecule has 1 atom stereocenters. The second-order valence-electron chi connectivity index (χ2n) is 7.65. The summed E-state index contributed by atoms with van der Waals surface area (Å²) in [5, 5.41) is 7.27. The van der Waals surface area contributed by atoms with Crippen molar-refractivity contribution < 1.29 is 9.53 Å². The van der Waals surface area contributed by atoms with Gasteiger partial charge in [0.1, 0.15) is 5.75 Å². The molecule has 0 aliphatic heterocycles. The zero-order chi connectivity index (χ0) is 20.8. The number of rotatable bonds is 8. The van der Waals surface area contributed by atoms with Crippen LogP contribution in [-0.2, 0) is 17.9 Å². The first kappa shape index (κ1) is 20.6. The number of hydrogen-bond acceptors (Lipinski definition) is 3. The van der Waals surface area contributed by atoms with Crippen LogP contribution in [0.3, 0.4) is 0 Å². The van der Waals surface area contributed by atoms with Gasteiger partial charge in [-0.3, -0.25) is 9.48 Å². The number of nitrogens with one attached hydrogen (secondary N) is 1. The fourth-order valence-corrected chi connectivity index (χ4v) is 3.24. The van der Waals surface area contributed by atoms with E-state index in [1.165, 1.54) is 0 Å². The third kappa shape index (κ3) is 5.47. The number of aromatic nitrogens is 2. The fourth-order valence-electron chi connectivity index (χ4n) is 3.24. The molecule has 1 unspecified atom stereocenters. The molecule has 3 rings (SSSR count). The number of amides is 1. The summed E-state index contributed by atoms with van der Waals surface area (Å²) in [5.41, 5.74) is 4.43. The van der Waals surface area contributed by atoms with E-state index >= 15 is 0 Å². The Hall–Kier alpha value is -3.08. The molecule has 29 heavy (non-hydrogen) atoms. The Balaban J connectivity index is 1.64. The summed E-state index contributed by atoms with van der Waals surface area (Å²) in [6.45, 7) is 9.19. The summed E-state index contributed by atoms with van der Waals surface area (Å²) in [6, 6.07) is 16.1. The smallest absolute Gasteiger partial charge is 0.261 e. The lowest BCUT2D eigenvalue weighted by atomic mass is 10.0. The molecule has 152 valence electrons. The summed E-state index contributed by atoms with van der Waals surface area (Å²) in [6.07, 6.45) is 3.12. The van der Waals surface area contributed by atoms with E-state index in [1.54, 1.807) is 13.1 Å². The van der Waals surface area contributed by atoms with Gasteiger partial charge >= 0.3 is 0 Å². The molecular weight excluding hydrogens is 362 g/mol. The normalized spacial score (nSPS) is 12.0. The number of carbonyl (C=O) groups is 1. The quantitative estimate of drug-likeness (QED) is 0.617. The molecule has 0 radical (unpaired) electrons. The van der Waals surface area contributed by atoms with Crippen molar-refractivity contribution >= 4 is 5.91 Å². The minimum atomic E-state index is -0.576. The Kier molecular flexibility index (Phi) is 6.70. The molecule has 0 aliphatic carbocycles. The first-order chi connectivity index (χ1) is 13.9. The lowest BCUT2D eigenvalue weighted by Gasteiger charge is -2.20. The number of aryl methyl sites for hydroxylation is 1. The van der Waals surface area contributed by atoms with Crippen LogP contribution < -0.4 is 10.1 Å². The van der Waals surface area contributed by atoms with E-state index in [4.69, 9.17) is 4.74 Å². The maximum absolute atomic E-state index is 12.7. The van der Waals surface area contributed by atoms with Gasteiger partial charge < -0.3 is 10.1 Å². The standard InChI is InChI=1S/C24H29N3O2/c1-17(2)22-11-10-18(3)14-23(22)29-19(4)24(28)25-15-20-8-5-6-9-21(20)16-27-13-7-12-26-27/h5-14,17,19H,15-16H2,1-4H3,(H,25,28). The average molecular weight is 392 g/mol. The van der Waals surface area contributed by atoms with Gasteiger partial charge in [0.05, 0.1) is 6.54 Å². The van der Waals surface area contributed by atoms with Crippen molar-refractivity contribution in [3.63, 3.8) is 0 Å². The largest absolute Gasteiger partial charge is 0.481 e. The molecule has 1 amide bonds. The second-order valence-corrected chi connectivity index (χ2v) is 7.65. The van der Waals surface area contributed by atoms with Crippen LogP contribution in [0.15, 0.2) is 60.9 Å². The van der Waals surface area contributed by atoms with Crippen LogP contribution in [-0.4, -0.2) is 21.8 Å². The maximum Gasteiger partial charge on any atom is 0.261 e. The predicted octanol–water partition coefficient (Wildman–Crippen LogP) is 4.45. The van der Waals surface area contributed by atoms with Crippen molar-refractivity contribution in [1.82, 2.24) is 15.1 Å². The minimum absolute atomic E-state index is 0.130. The Morgan fingerprint density at radius 3 is 2.55 bits per heavy atom.